The molecule has 0 saturated carbocycles. The van der Waals surface area contributed by atoms with Crippen LogP contribution in [0.5, 0.6) is 0 Å². The van der Waals surface area contributed by atoms with Crippen molar-refractivity contribution < 1.29 is 4.79 Å². The molecule has 1 aromatic rings. The summed E-state index contributed by atoms with van der Waals surface area (Å²) in [6.07, 6.45) is 7.57. The molecule has 0 aromatic heterocycles. The van der Waals surface area contributed by atoms with Crippen molar-refractivity contribution in [2.24, 2.45) is 5.92 Å². The Morgan fingerprint density at radius 2 is 1.77 bits per heavy atom. The second kappa shape index (κ2) is 12.3. The van der Waals surface area contributed by atoms with E-state index in [1.807, 2.05) is 6.07 Å². The van der Waals surface area contributed by atoms with E-state index in [1.165, 1.54) is 5.56 Å². The molecule has 2 fully saturated rings. The third kappa shape index (κ3) is 6.92. The van der Waals surface area contributed by atoms with Crippen molar-refractivity contribution in [3.63, 3.8) is 0 Å². The van der Waals surface area contributed by atoms with Gasteiger partial charge in [0.1, 0.15) is 0 Å². The summed E-state index contributed by atoms with van der Waals surface area (Å²) in [5.74, 6) is 0.628. The van der Waals surface area contributed by atoms with Gasteiger partial charge < -0.3 is 10.2 Å². The topological polar surface area (TPSA) is 35.6 Å². The molecule has 0 spiro atoms. The van der Waals surface area contributed by atoms with Crippen LogP contribution < -0.4 is 5.32 Å². The van der Waals surface area contributed by atoms with Crippen molar-refractivity contribution >= 4 is 36.8 Å². The first-order chi connectivity index (χ1) is 11.8. The van der Waals surface area contributed by atoms with Crippen LogP contribution in [-0.2, 0) is 4.79 Å². The summed E-state index contributed by atoms with van der Waals surface area (Å²) in [5.41, 5.74) is 1.24. The Morgan fingerprint density at radius 1 is 1.04 bits per heavy atom. The van der Waals surface area contributed by atoms with Crippen LogP contribution in [0.1, 0.15) is 24.8 Å². The standard InChI is InChI=1S/C20H29N3O.2ClH/c24-20(19-9-4-11-21-12-10-19)23-16-14-22(15-17-23)13-5-8-18-6-2-1-3-7-18;;/h1-3,5-8,19,21H,4,9-17H2;2*1H/b8-5+;;. The lowest BCUT2D eigenvalue weighted by atomic mass is 9.98. The smallest absolute Gasteiger partial charge is 0.225 e. The van der Waals surface area contributed by atoms with Crippen molar-refractivity contribution in [2.75, 3.05) is 45.8 Å². The molecule has 2 saturated heterocycles. The number of rotatable bonds is 4. The molecule has 0 radical (unpaired) electrons. The molecule has 1 amide bonds. The first kappa shape index (κ1) is 23.0. The van der Waals surface area contributed by atoms with E-state index in [0.717, 1.165) is 65.1 Å². The molecule has 6 heteroatoms. The highest BCUT2D eigenvalue weighted by Crippen LogP contribution is 2.18. The van der Waals surface area contributed by atoms with E-state index >= 15 is 0 Å². The van der Waals surface area contributed by atoms with E-state index in [1.54, 1.807) is 0 Å². The lowest BCUT2D eigenvalue weighted by Crippen LogP contribution is -2.50. The SMILES string of the molecule is Cl.Cl.O=C(C1CCCNCC1)N1CCN(C/C=C/c2ccccc2)CC1. The molecule has 4 nitrogen and oxygen atoms in total. The first-order valence-corrected chi connectivity index (χ1v) is 9.26. The number of halogens is 2. The molecule has 1 aromatic carbocycles. The summed E-state index contributed by atoms with van der Waals surface area (Å²) in [7, 11) is 0. The minimum atomic E-state index is 0. The summed E-state index contributed by atoms with van der Waals surface area (Å²) in [6.45, 7) is 6.73. The molecule has 146 valence electrons. The quantitative estimate of drug-likeness (QED) is 0.844. The van der Waals surface area contributed by atoms with Gasteiger partial charge in [-0.2, -0.15) is 0 Å². The fraction of sp³-hybridized carbons (Fsp3) is 0.550. The maximum atomic E-state index is 12.7. The number of carbonyl (C=O) groups is 1. The van der Waals surface area contributed by atoms with E-state index < -0.39 is 0 Å². The average Bonchev–Trinajstić information content (AvgIpc) is 2.92. The fourth-order valence-corrected chi connectivity index (χ4v) is 3.58. The second-order valence-corrected chi connectivity index (χ2v) is 6.82. The lowest BCUT2D eigenvalue weighted by Gasteiger charge is -2.36. The van der Waals surface area contributed by atoms with E-state index in [4.69, 9.17) is 0 Å². The molecule has 2 heterocycles. The molecular formula is C20H31Cl2N3O. The predicted octanol–water partition coefficient (Wildman–Crippen LogP) is 3.08. The Labute approximate surface area is 169 Å². The van der Waals surface area contributed by atoms with Crippen LogP contribution in [0.4, 0.5) is 0 Å². The molecule has 26 heavy (non-hydrogen) atoms. The van der Waals surface area contributed by atoms with Gasteiger partial charge in [-0.25, -0.2) is 0 Å². The van der Waals surface area contributed by atoms with Crippen molar-refractivity contribution in [3.05, 3.63) is 42.0 Å². The molecule has 1 N–H and O–H groups in total. The minimum Gasteiger partial charge on any atom is -0.340 e. The molecule has 3 rings (SSSR count). The number of amides is 1. The van der Waals surface area contributed by atoms with Crippen molar-refractivity contribution in [1.29, 1.82) is 0 Å². The Bertz CT molecular complexity index is 537. The van der Waals surface area contributed by atoms with Gasteiger partial charge in [0.05, 0.1) is 0 Å². The molecule has 2 aliphatic heterocycles. The van der Waals surface area contributed by atoms with Gasteiger partial charge in [0, 0.05) is 38.6 Å². The molecular weight excluding hydrogens is 369 g/mol. The second-order valence-electron chi connectivity index (χ2n) is 6.82. The molecule has 0 bridgehead atoms. The van der Waals surface area contributed by atoms with Gasteiger partial charge in [-0.15, -0.1) is 24.8 Å². The largest absolute Gasteiger partial charge is 0.340 e. The Morgan fingerprint density at radius 3 is 2.50 bits per heavy atom. The van der Waals surface area contributed by atoms with Crippen molar-refractivity contribution in [2.45, 2.75) is 19.3 Å². The van der Waals surface area contributed by atoms with E-state index in [2.05, 4.69) is 51.5 Å². The number of benzene rings is 1. The van der Waals surface area contributed by atoms with Crippen LogP contribution in [0, 0.1) is 5.92 Å². The summed E-state index contributed by atoms with van der Waals surface area (Å²) in [5, 5.41) is 3.39. The first-order valence-electron chi connectivity index (χ1n) is 9.26. The predicted molar refractivity (Wildman–Crippen MR) is 113 cm³/mol. The summed E-state index contributed by atoms with van der Waals surface area (Å²) in [6, 6.07) is 10.4. The zero-order valence-corrected chi connectivity index (χ0v) is 16.9. The molecule has 0 aliphatic carbocycles. The van der Waals surface area contributed by atoms with E-state index in [-0.39, 0.29) is 30.7 Å². The van der Waals surface area contributed by atoms with Gasteiger partial charge in [0.2, 0.25) is 5.91 Å². The van der Waals surface area contributed by atoms with Gasteiger partial charge in [0.15, 0.2) is 0 Å². The van der Waals surface area contributed by atoms with Crippen molar-refractivity contribution in [3.8, 4) is 0 Å². The van der Waals surface area contributed by atoms with Crippen LogP contribution >= 0.6 is 24.8 Å². The van der Waals surface area contributed by atoms with Crippen LogP contribution in [0.15, 0.2) is 36.4 Å². The van der Waals surface area contributed by atoms with Crippen LogP contribution in [0.2, 0.25) is 0 Å². The van der Waals surface area contributed by atoms with Gasteiger partial charge in [-0.3, -0.25) is 9.69 Å². The zero-order chi connectivity index (χ0) is 16.6. The monoisotopic (exact) mass is 399 g/mol. The van der Waals surface area contributed by atoms with Crippen LogP contribution in [0.3, 0.4) is 0 Å². The van der Waals surface area contributed by atoms with Gasteiger partial charge in [-0.1, -0.05) is 42.5 Å². The summed E-state index contributed by atoms with van der Waals surface area (Å²) < 4.78 is 0. The average molecular weight is 400 g/mol. The maximum absolute atomic E-state index is 12.7. The number of carbonyl (C=O) groups excluding carboxylic acids is 1. The summed E-state index contributed by atoms with van der Waals surface area (Å²) >= 11 is 0. The van der Waals surface area contributed by atoms with Crippen LogP contribution in [-0.4, -0.2) is 61.5 Å². The van der Waals surface area contributed by atoms with Gasteiger partial charge in [0.25, 0.3) is 0 Å². The zero-order valence-electron chi connectivity index (χ0n) is 15.3. The third-order valence-corrected chi connectivity index (χ3v) is 5.08. The molecule has 1 unspecified atom stereocenters. The minimum absolute atomic E-state index is 0. The summed E-state index contributed by atoms with van der Waals surface area (Å²) in [4.78, 5) is 17.2. The third-order valence-electron chi connectivity index (χ3n) is 5.08. The Hall–Kier alpha value is -1.07. The maximum Gasteiger partial charge on any atom is 0.225 e. The number of piperazine rings is 1. The number of nitrogens with one attached hydrogen (secondary N) is 1. The highest BCUT2D eigenvalue weighted by molar-refractivity contribution is 5.85. The highest BCUT2D eigenvalue weighted by Gasteiger charge is 2.27. The van der Waals surface area contributed by atoms with Crippen LogP contribution in [0.25, 0.3) is 6.08 Å². The number of hydrogen-bond acceptors (Lipinski definition) is 3. The molecule has 1 atom stereocenters. The Kier molecular flexibility index (Phi) is 10.9. The van der Waals surface area contributed by atoms with Gasteiger partial charge >= 0.3 is 0 Å². The van der Waals surface area contributed by atoms with E-state index in [9.17, 15) is 4.79 Å². The Balaban J connectivity index is 0.00000169. The number of nitrogens with zero attached hydrogens (tertiary/aromatic N) is 2. The fourth-order valence-electron chi connectivity index (χ4n) is 3.58. The van der Waals surface area contributed by atoms with E-state index in [0.29, 0.717) is 5.91 Å². The molecule has 2 aliphatic rings. The normalized spacial score (nSPS) is 21.5. The van der Waals surface area contributed by atoms with Gasteiger partial charge in [-0.05, 0) is 37.9 Å². The van der Waals surface area contributed by atoms with Crippen molar-refractivity contribution in [1.82, 2.24) is 15.1 Å². The number of hydrogen-bond donors (Lipinski definition) is 1. The highest BCUT2D eigenvalue weighted by atomic mass is 35.5. The lowest BCUT2D eigenvalue weighted by molar-refractivity contribution is -0.137.